The molecule has 1 aliphatic rings. The van der Waals surface area contributed by atoms with E-state index in [0.717, 1.165) is 35.5 Å². The lowest BCUT2D eigenvalue weighted by atomic mass is 10.1. The number of carbonyl (C=O) groups is 2. The molecule has 0 saturated heterocycles. The van der Waals surface area contributed by atoms with Gasteiger partial charge in [0.15, 0.2) is 5.11 Å². The quantitative estimate of drug-likeness (QED) is 0.268. The van der Waals surface area contributed by atoms with Crippen LogP contribution in [-0.2, 0) is 17.6 Å². The van der Waals surface area contributed by atoms with Gasteiger partial charge in [-0.1, -0.05) is 24.3 Å². The zero-order valence-electron chi connectivity index (χ0n) is 18.6. The molecular formula is C25H24N2O5S2. The maximum Gasteiger partial charge on any atom is 0.341 e. The molecule has 1 aromatic heterocycles. The number of anilines is 1. The van der Waals surface area contributed by atoms with Crippen molar-refractivity contribution in [3.8, 4) is 11.5 Å². The van der Waals surface area contributed by atoms with E-state index in [9.17, 15) is 9.59 Å². The van der Waals surface area contributed by atoms with Crippen molar-refractivity contribution in [2.24, 2.45) is 0 Å². The van der Waals surface area contributed by atoms with Crippen LogP contribution in [0.4, 0.5) is 5.00 Å². The van der Waals surface area contributed by atoms with Crippen LogP contribution in [0.5, 0.6) is 11.5 Å². The van der Waals surface area contributed by atoms with Crippen molar-refractivity contribution in [3.05, 3.63) is 76.2 Å². The zero-order chi connectivity index (χ0) is 23.9. The Morgan fingerprint density at radius 1 is 1.00 bits per heavy atom. The van der Waals surface area contributed by atoms with E-state index in [1.54, 1.807) is 24.3 Å². The second kappa shape index (κ2) is 11.1. The van der Waals surface area contributed by atoms with E-state index in [0.29, 0.717) is 35.1 Å². The topological polar surface area (TPSA) is 85.9 Å². The van der Waals surface area contributed by atoms with Crippen molar-refractivity contribution in [3.63, 3.8) is 0 Å². The van der Waals surface area contributed by atoms with Crippen LogP contribution >= 0.6 is 23.6 Å². The summed E-state index contributed by atoms with van der Waals surface area (Å²) in [6.45, 7) is 0.709. The number of carbonyl (C=O) groups excluding carboxylic acids is 2. The van der Waals surface area contributed by atoms with E-state index in [4.69, 9.17) is 26.4 Å². The number of rotatable bonds is 8. The number of nitrogens with one attached hydrogen (secondary N) is 2. The van der Waals surface area contributed by atoms with Crippen LogP contribution < -0.4 is 20.1 Å². The highest BCUT2D eigenvalue weighted by atomic mass is 32.1. The number of aryl methyl sites for hydroxylation is 1. The van der Waals surface area contributed by atoms with E-state index in [-0.39, 0.29) is 11.0 Å². The minimum atomic E-state index is -0.405. The molecule has 0 fully saturated rings. The maximum atomic E-state index is 12.7. The van der Waals surface area contributed by atoms with Crippen LogP contribution in [0.15, 0.2) is 54.6 Å². The van der Waals surface area contributed by atoms with Crippen molar-refractivity contribution in [1.82, 2.24) is 5.32 Å². The average molecular weight is 497 g/mol. The van der Waals surface area contributed by atoms with Crippen LogP contribution in [0.2, 0.25) is 0 Å². The second-order valence-electron chi connectivity index (χ2n) is 7.50. The number of ether oxygens (including phenoxy) is 3. The van der Waals surface area contributed by atoms with Crippen molar-refractivity contribution < 1.29 is 23.8 Å². The Bertz CT molecular complexity index is 1190. The standard InChI is InChI=1S/C25H24N2O5S2/c1-30-24(29)21-19-11-6-12-20(19)34-23(21)27-25(33)26-22(28)16-7-5-10-18(15-16)32-14-13-31-17-8-3-2-4-9-17/h2-5,7-10,15H,6,11-14H2,1H3,(H2,26,27,28,33). The number of para-hydroxylation sites is 1. The molecule has 7 nitrogen and oxygen atoms in total. The van der Waals surface area contributed by atoms with Gasteiger partial charge in [-0.05, 0) is 67.4 Å². The van der Waals surface area contributed by atoms with Gasteiger partial charge in [0.2, 0.25) is 0 Å². The summed E-state index contributed by atoms with van der Waals surface area (Å²) in [5.74, 6) is 0.529. The molecule has 0 bridgehead atoms. The highest BCUT2D eigenvalue weighted by Gasteiger charge is 2.27. The van der Waals surface area contributed by atoms with Gasteiger partial charge in [-0.15, -0.1) is 11.3 Å². The molecule has 0 aliphatic heterocycles. The highest BCUT2D eigenvalue weighted by Crippen LogP contribution is 2.39. The van der Waals surface area contributed by atoms with E-state index >= 15 is 0 Å². The molecule has 9 heteroatoms. The highest BCUT2D eigenvalue weighted by molar-refractivity contribution is 7.80. The van der Waals surface area contributed by atoms with Gasteiger partial charge in [0.05, 0.1) is 12.7 Å². The Balaban J connectivity index is 1.32. The Kier molecular flexibility index (Phi) is 7.76. The number of benzene rings is 2. The SMILES string of the molecule is COC(=O)c1c(NC(=S)NC(=O)c2cccc(OCCOc3ccccc3)c2)sc2c1CCC2. The lowest BCUT2D eigenvalue weighted by Crippen LogP contribution is -2.34. The predicted molar refractivity (Wildman–Crippen MR) is 135 cm³/mol. The van der Waals surface area contributed by atoms with Gasteiger partial charge in [-0.25, -0.2) is 4.79 Å². The molecule has 34 heavy (non-hydrogen) atoms. The Hall–Kier alpha value is -3.43. The Labute approximate surface area is 207 Å². The second-order valence-corrected chi connectivity index (χ2v) is 9.01. The maximum absolute atomic E-state index is 12.7. The zero-order valence-corrected chi connectivity index (χ0v) is 20.2. The first-order chi connectivity index (χ1) is 16.5. The monoisotopic (exact) mass is 496 g/mol. The smallest absolute Gasteiger partial charge is 0.341 e. The van der Waals surface area contributed by atoms with E-state index in [1.807, 2.05) is 30.3 Å². The molecule has 0 radical (unpaired) electrons. The molecule has 176 valence electrons. The summed E-state index contributed by atoms with van der Waals surface area (Å²) in [5.41, 5.74) is 1.91. The predicted octanol–water partition coefficient (Wildman–Crippen LogP) is 4.61. The van der Waals surface area contributed by atoms with Crippen molar-refractivity contribution in [2.45, 2.75) is 19.3 Å². The van der Waals surface area contributed by atoms with E-state index in [2.05, 4.69) is 10.6 Å². The Morgan fingerprint density at radius 2 is 1.74 bits per heavy atom. The molecule has 1 aliphatic carbocycles. The van der Waals surface area contributed by atoms with Gasteiger partial charge in [0.25, 0.3) is 5.91 Å². The van der Waals surface area contributed by atoms with Gasteiger partial charge in [-0.2, -0.15) is 0 Å². The minimum absolute atomic E-state index is 0.109. The lowest BCUT2D eigenvalue weighted by molar-refractivity contribution is 0.0601. The summed E-state index contributed by atoms with van der Waals surface area (Å²) in [6.07, 6.45) is 2.78. The van der Waals surface area contributed by atoms with Crippen LogP contribution in [0.25, 0.3) is 0 Å². The Morgan fingerprint density at radius 3 is 2.50 bits per heavy atom. The number of amides is 1. The first-order valence-electron chi connectivity index (χ1n) is 10.8. The fourth-order valence-electron chi connectivity index (χ4n) is 3.68. The van der Waals surface area contributed by atoms with Crippen LogP contribution in [0.1, 0.15) is 37.6 Å². The number of fused-ring (bicyclic) bond motifs is 1. The molecule has 0 unspecified atom stereocenters. The summed E-state index contributed by atoms with van der Waals surface area (Å²) in [7, 11) is 1.36. The fourth-order valence-corrected chi connectivity index (χ4v) is 5.22. The summed E-state index contributed by atoms with van der Waals surface area (Å²) >= 11 is 6.80. The molecule has 0 saturated carbocycles. The summed E-state index contributed by atoms with van der Waals surface area (Å²) in [5, 5.41) is 6.37. The summed E-state index contributed by atoms with van der Waals surface area (Å²) in [6, 6.07) is 16.3. The van der Waals surface area contributed by atoms with Crippen LogP contribution in [0, 0.1) is 0 Å². The number of methoxy groups -OCH3 is 1. The summed E-state index contributed by atoms with van der Waals surface area (Å²) < 4.78 is 16.3. The number of thiophene rings is 1. The van der Waals surface area contributed by atoms with E-state index < -0.39 is 5.97 Å². The average Bonchev–Trinajstić information content (AvgIpc) is 3.43. The third-order valence-electron chi connectivity index (χ3n) is 5.23. The molecule has 2 aromatic carbocycles. The van der Waals surface area contributed by atoms with E-state index in [1.165, 1.54) is 18.4 Å². The van der Waals surface area contributed by atoms with Gasteiger partial charge in [0.1, 0.15) is 29.7 Å². The fraction of sp³-hybridized carbons (Fsp3) is 0.240. The third-order valence-corrected chi connectivity index (χ3v) is 6.64. The molecule has 2 N–H and O–H groups in total. The van der Waals surface area contributed by atoms with Crippen molar-refractivity contribution in [2.75, 3.05) is 25.6 Å². The molecule has 0 atom stereocenters. The number of thiocarbonyl (C=S) groups is 1. The number of hydrogen-bond donors (Lipinski definition) is 2. The number of hydrogen-bond acceptors (Lipinski definition) is 7. The van der Waals surface area contributed by atoms with Gasteiger partial charge < -0.3 is 19.5 Å². The summed E-state index contributed by atoms with van der Waals surface area (Å²) in [4.78, 5) is 26.2. The minimum Gasteiger partial charge on any atom is -0.490 e. The molecular weight excluding hydrogens is 472 g/mol. The normalized spacial score (nSPS) is 11.9. The van der Waals surface area contributed by atoms with Crippen LogP contribution in [0.3, 0.4) is 0 Å². The number of esters is 1. The molecule has 1 heterocycles. The van der Waals surface area contributed by atoms with Gasteiger partial charge in [0, 0.05) is 10.4 Å². The largest absolute Gasteiger partial charge is 0.490 e. The molecule has 1 amide bonds. The van der Waals surface area contributed by atoms with Crippen LogP contribution in [-0.4, -0.2) is 37.3 Å². The van der Waals surface area contributed by atoms with Gasteiger partial charge >= 0.3 is 5.97 Å². The molecule has 4 rings (SSSR count). The molecule has 3 aromatic rings. The first kappa shape index (κ1) is 23.7. The van der Waals surface area contributed by atoms with Gasteiger partial charge in [-0.3, -0.25) is 10.1 Å². The molecule has 0 spiro atoms. The van der Waals surface area contributed by atoms with Crippen molar-refractivity contribution in [1.29, 1.82) is 0 Å². The third kappa shape index (κ3) is 5.73. The lowest BCUT2D eigenvalue weighted by Gasteiger charge is -2.12. The first-order valence-corrected chi connectivity index (χ1v) is 12.0. The van der Waals surface area contributed by atoms with Crippen molar-refractivity contribution >= 4 is 45.5 Å².